The zero-order chi connectivity index (χ0) is 18.5. The summed E-state index contributed by atoms with van der Waals surface area (Å²) < 4.78 is 18.0. The Bertz CT molecular complexity index is 775. The maximum atomic E-state index is 13.0. The molecule has 1 fully saturated rings. The number of fused-ring (bicyclic) bond motifs is 1. The van der Waals surface area contributed by atoms with Gasteiger partial charge in [0.15, 0.2) is 5.78 Å². The fourth-order valence-corrected chi connectivity index (χ4v) is 3.39. The SMILES string of the molecule is CC1CC(=O)CO1.O=CN1CCc2ccccc2[C@@H]1c1ccc(F)cc1. The minimum absolute atomic E-state index is 0.108. The first kappa shape index (κ1) is 18.3. The van der Waals surface area contributed by atoms with Crippen molar-refractivity contribution in [3.63, 3.8) is 0 Å². The van der Waals surface area contributed by atoms with Gasteiger partial charge in [0.05, 0.1) is 12.1 Å². The number of hydrogen-bond acceptors (Lipinski definition) is 3. The molecule has 1 unspecified atom stereocenters. The fourth-order valence-electron chi connectivity index (χ4n) is 3.39. The summed E-state index contributed by atoms with van der Waals surface area (Å²) in [4.78, 5) is 23.4. The zero-order valence-corrected chi connectivity index (χ0v) is 14.7. The molecule has 136 valence electrons. The number of amides is 1. The molecule has 2 aromatic rings. The van der Waals surface area contributed by atoms with Gasteiger partial charge in [0.1, 0.15) is 12.4 Å². The van der Waals surface area contributed by atoms with E-state index in [1.54, 1.807) is 17.0 Å². The van der Waals surface area contributed by atoms with Crippen LogP contribution in [0.2, 0.25) is 0 Å². The van der Waals surface area contributed by atoms with Crippen LogP contribution in [0.25, 0.3) is 0 Å². The number of halogens is 1. The van der Waals surface area contributed by atoms with Gasteiger partial charge in [-0.25, -0.2) is 4.39 Å². The molecule has 2 aliphatic rings. The van der Waals surface area contributed by atoms with Crippen LogP contribution >= 0.6 is 0 Å². The number of carbonyl (C=O) groups is 2. The minimum atomic E-state index is -0.259. The maximum absolute atomic E-state index is 13.0. The van der Waals surface area contributed by atoms with Gasteiger partial charge < -0.3 is 9.64 Å². The number of benzene rings is 2. The molecule has 26 heavy (non-hydrogen) atoms. The summed E-state index contributed by atoms with van der Waals surface area (Å²) in [5.41, 5.74) is 3.34. The molecule has 0 aliphatic carbocycles. The van der Waals surface area contributed by atoms with Crippen molar-refractivity contribution < 1.29 is 18.7 Å². The van der Waals surface area contributed by atoms with Gasteiger partial charge in [-0.3, -0.25) is 9.59 Å². The minimum Gasteiger partial charge on any atom is -0.370 e. The van der Waals surface area contributed by atoms with E-state index in [-0.39, 0.29) is 23.7 Å². The van der Waals surface area contributed by atoms with Gasteiger partial charge in [-0.05, 0) is 42.2 Å². The Balaban J connectivity index is 0.000000236. The fraction of sp³-hybridized carbons (Fsp3) is 0.333. The second-order valence-corrected chi connectivity index (χ2v) is 6.61. The number of ketones is 1. The molecule has 0 aromatic heterocycles. The van der Waals surface area contributed by atoms with Gasteiger partial charge in [-0.2, -0.15) is 0 Å². The van der Waals surface area contributed by atoms with Crippen molar-refractivity contribution in [2.24, 2.45) is 0 Å². The van der Waals surface area contributed by atoms with Gasteiger partial charge >= 0.3 is 0 Å². The van der Waals surface area contributed by atoms with E-state index in [1.165, 1.54) is 17.7 Å². The summed E-state index contributed by atoms with van der Waals surface area (Å²) >= 11 is 0. The van der Waals surface area contributed by atoms with Crippen LogP contribution in [0.15, 0.2) is 48.5 Å². The summed E-state index contributed by atoms with van der Waals surface area (Å²) in [5, 5.41) is 0. The van der Waals surface area contributed by atoms with E-state index in [9.17, 15) is 14.0 Å². The Morgan fingerprint density at radius 1 is 1.15 bits per heavy atom. The van der Waals surface area contributed by atoms with Crippen molar-refractivity contribution >= 4 is 12.2 Å². The largest absolute Gasteiger partial charge is 0.370 e. The highest BCUT2D eigenvalue weighted by Crippen LogP contribution is 2.34. The summed E-state index contributed by atoms with van der Waals surface area (Å²) in [6.07, 6.45) is 2.53. The predicted molar refractivity (Wildman–Crippen MR) is 96.2 cm³/mol. The van der Waals surface area contributed by atoms with E-state index in [0.717, 1.165) is 24.0 Å². The monoisotopic (exact) mass is 355 g/mol. The molecule has 0 radical (unpaired) electrons. The van der Waals surface area contributed by atoms with E-state index in [0.29, 0.717) is 19.6 Å². The van der Waals surface area contributed by atoms with Crippen molar-refractivity contribution in [3.05, 3.63) is 71.0 Å². The van der Waals surface area contributed by atoms with Crippen molar-refractivity contribution in [3.8, 4) is 0 Å². The molecular formula is C21H22FNO3. The molecule has 2 heterocycles. The third kappa shape index (κ3) is 4.17. The van der Waals surface area contributed by atoms with Crippen molar-refractivity contribution in [2.75, 3.05) is 13.2 Å². The molecule has 2 aliphatic heterocycles. The second-order valence-electron chi connectivity index (χ2n) is 6.61. The van der Waals surface area contributed by atoms with Crippen LogP contribution in [-0.2, 0) is 20.7 Å². The Morgan fingerprint density at radius 3 is 2.46 bits per heavy atom. The molecule has 5 heteroatoms. The lowest BCUT2D eigenvalue weighted by Crippen LogP contribution is -2.34. The average Bonchev–Trinajstić information content (AvgIpc) is 3.05. The number of rotatable bonds is 2. The summed E-state index contributed by atoms with van der Waals surface area (Å²) in [6.45, 7) is 2.94. The molecule has 0 spiro atoms. The summed E-state index contributed by atoms with van der Waals surface area (Å²) in [7, 11) is 0. The second kappa shape index (κ2) is 8.23. The Kier molecular flexibility index (Phi) is 5.78. The first-order chi connectivity index (χ1) is 12.6. The summed E-state index contributed by atoms with van der Waals surface area (Å²) in [5.74, 6) is -0.0296. The van der Waals surface area contributed by atoms with Crippen LogP contribution < -0.4 is 0 Å². The van der Waals surface area contributed by atoms with Crippen LogP contribution in [0.3, 0.4) is 0 Å². The molecule has 0 saturated carbocycles. The molecule has 2 atom stereocenters. The van der Waals surface area contributed by atoms with Gasteiger partial charge in [0.2, 0.25) is 6.41 Å². The standard InChI is InChI=1S/C16H14FNO.C5H8O2/c17-14-7-5-13(6-8-14)16-15-4-2-1-3-12(15)9-10-18(16)11-19;1-4-2-5(6)3-7-4/h1-8,11,16H,9-10H2;4H,2-3H2,1H3/t16-;/m0./s1. The number of Topliss-reactive ketones (excluding diaryl/α,β-unsaturated/α-hetero) is 1. The van der Waals surface area contributed by atoms with Crippen LogP contribution in [0, 0.1) is 5.82 Å². The predicted octanol–water partition coefficient (Wildman–Crippen LogP) is 3.29. The summed E-state index contributed by atoms with van der Waals surface area (Å²) in [6, 6.07) is 14.4. The van der Waals surface area contributed by atoms with Crippen LogP contribution in [0.4, 0.5) is 4.39 Å². The van der Waals surface area contributed by atoms with E-state index in [4.69, 9.17) is 4.74 Å². The first-order valence-electron chi connectivity index (χ1n) is 8.76. The Labute approximate surface area is 152 Å². The van der Waals surface area contributed by atoms with Crippen molar-refractivity contribution in [2.45, 2.75) is 31.9 Å². The van der Waals surface area contributed by atoms with Crippen molar-refractivity contribution in [1.29, 1.82) is 0 Å². The van der Waals surface area contributed by atoms with Gasteiger partial charge in [0.25, 0.3) is 0 Å². The van der Waals surface area contributed by atoms with Crippen molar-refractivity contribution in [1.82, 2.24) is 4.90 Å². The highest BCUT2D eigenvalue weighted by molar-refractivity contribution is 5.81. The normalized spacial score (nSPS) is 21.6. The zero-order valence-electron chi connectivity index (χ0n) is 14.7. The highest BCUT2D eigenvalue weighted by atomic mass is 19.1. The third-order valence-electron chi connectivity index (χ3n) is 4.69. The van der Waals surface area contributed by atoms with E-state index >= 15 is 0 Å². The third-order valence-corrected chi connectivity index (χ3v) is 4.69. The molecular weight excluding hydrogens is 333 g/mol. The van der Waals surface area contributed by atoms with E-state index < -0.39 is 0 Å². The number of carbonyl (C=O) groups excluding carboxylic acids is 2. The quantitative estimate of drug-likeness (QED) is 0.777. The van der Waals surface area contributed by atoms with Crippen LogP contribution in [0.1, 0.15) is 36.1 Å². The van der Waals surface area contributed by atoms with Crippen LogP contribution in [-0.4, -0.2) is 36.3 Å². The molecule has 1 saturated heterocycles. The first-order valence-corrected chi connectivity index (χ1v) is 8.76. The molecule has 1 amide bonds. The maximum Gasteiger partial charge on any atom is 0.210 e. The Hall–Kier alpha value is -2.53. The van der Waals surface area contributed by atoms with E-state index in [2.05, 4.69) is 6.07 Å². The molecule has 0 N–H and O–H groups in total. The lowest BCUT2D eigenvalue weighted by molar-refractivity contribution is -0.120. The number of nitrogens with zero attached hydrogens (tertiary/aromatic N) is 1. The highest BCUT2D eigenvalue weighted by Gasteiger charge is 2.27. The number of hydrogen-bond donors (Lipinski definition) is 0. The lowest BCUT2D eigenvalue weighted by atomic mass is 9.88. The average molecular weight is 355 g/mol. The van der Waals surface area contributed by atoms with Gasteiger partial charge in [0, 0.05) is 13.0 Å². The smallest absolute Gasteiger partial charge is 0.210 e. The Morgan fingerprint density at radius 2 is 1.88 bits per heavy atom. The molecule has 0 bridgehead atoms. The van der Waals surface area contributed by atoms with E-state index in [1.807, 2.05) is 25.1 Å². The molecule has 4 rings (SSSR count). The van der Waals surface area contributed by atoms with Gasteiger partial charge in [-0.15, -0.1) is 0 Å². The van der Waals surface area contributed by atoms with Crippen LogP contribution in [0.5, 0.6) is 0 Å². The number of ether oxygens (including phenoxy) is 1. The molecule has 2 aromatic carbocycles. The molecule has 4 nitrogen and oxygen atoms in total. The van der Waals surface area contributed by atoms with Gasteiger partial charge in [-0.1, -0.05) is 36.4 Å². The lowest BCUT2D eigenvalue weighted by Gasteiger charge is -2.35. The topological polar surface area (TPSA) is 46.6 Å².